The first-order chi connectivity index (χ1) is 10.7. The minimum atomic E-state index is 0. The van der Waals surface area contributed by atoms with E-state index in [2.05, 4.69) is 31.1 Å². The van der Waals surface area contributed by atoms with E-state index >= 15 is 0 Å². The molecule has 2 fully saturated rings. The van der Waals surface area contributed by atoms with Crippen molar-refractivity contribution in [2.75, 3.05) is 50.8 Å². The van der Waals surface area contributed by atoms with Gasteiger partial charge < -0.3 is 19.9 Å². The Morgan fingerprint density at radius 1 is 1.29 bits per heavy atom. The van der Waals surface area contributed by atoms with Gasteiger partial charge >= 0.3 is 0 Å². The van der Waals surface area contributed by atoms with Crippen LogP contribution in [-0.2, 0) is 9.53 Å². The number of morpholine rings is 1. The number of ether oxygens (including phenoxy) is 1. The van der Waals surface area contributed by atoms with Gasteiger partial charge in [0.1, 0.15) is 5.82 Å². The maximum atomic E-state index is 12.3. The SMILES string of the molecule is Cl.Cl.O=C(CC1COCCN1)N1CCN(c2ccc(Br)cn2)CC1. The molecule has 1 N–H and O–H groups in total. The molecule has 1 atom stereocenters. The fourth-order valence-corrected chi connectivity index (χ4v) is 3.07. The zero-order valence-electron chi connectivity index (χ0n) is 13.3. The number of piperazine rings is 1. The van der Waals surface area contributed by atoms with E-state index in [1.807, 2.05) is 23.2 Å². The second-order valence-corrected chi connectivity index (χ2v) is 6.55. The quantitative estimate of drug-likeness (QED) is 0.773. The third kappa shape index (κ3) is 5.74. The molecule has 6 nitrogen and oxygen atoms in total. The smallest absolute Gasteiger partial charge is 0.224 e. The van der Waals surface area contributed by atoms with Crippen LogP contribution in [-0.4, -0.2) is 67.8 Å². The molecule has 136 valence electrons. The van der Waals surface area contributed by atoms with Crippen LogP contribution in [0.5, 0.6) is 0 Å². The molecule has 24 heavy (non-hydrogen) atoms. The predicted molar refractivity (Wildman–Crippen MR) is 102 cm³/mol. The van der Waals surface area contributed by atoms with Gasteiger partial charge in [0, 0.05) is 55.9 Å². The molecule has 2 saturated heterocycles. The predicted octanol–water partition coefficient (Wildman–Crippen LogP) is 1.71. The van der Waals surface area contributed by atoms with Crippen LogP contribution >= 0.6 is 40.7 Å². The van der Waals surface area contributed by atoms with Crippen LogP contribution in [0.15, 0.2) is 22.8 Å². The Hall–Kier alpha value is -0.600. The van der Waals surface area contributed by atoms with Crippen molar-refractivity contribution in [1.82, 2.24) is 15.2 Å². The molecule has 0 aliphatic carbocycles. The lowest BCUT2D eigenvalue weighted by atomic mass is 10.1. The van der Waals surface area contributed by atoms with Gasteiger partial charge in [-0.15, -0.1) is 24.8 Å². The Labute approximate surface area is 163 Å². The van der Waals surface area contributed by atoms with E-state index < -0.39 is 0 Å². The van der Waals surface area contributed by atoms with E-state index in [0.717, 1.165) is 49.6 Å². The first-order valence-corrected chi connectivity index (χ1v) is 8.47. The number of halogens is 3. The molecule has 3 rings (SSSR count). The van der Waals surface area contributed by atoms with Crippen molar-refractivity contribution >= 4 is 52.5 Å². The average Bonchev–Trinajstić information content (AvgIpc) is 2.57. The number of hydrogen-bond donors (Lipinski definition) is 1. The molecule has 1 aromatic rings. The maximum Gasteiger partial charge on any atom is 0.224 e. The molecule has 0 aromatic carbocycles. The van der Waals surface area contributed by atoms with E-state index in [1.165, 1.54) is 0 Å². The number of anilines is 1. The van der Waals surface area contributed by atoms with Crippen LogP contribution in [0.2, 0.25) is 0 Å². The first-order valence-electron chi connectivity index (χ1n) is 7.68. The Morgan fingerprint density at radius 2 is 2.04 bits per heavy atom. The lowest BCUT2D eigenvalue weighted by molar-refractivity contribution is -0.132. The van der Waals surface area contributed by atoms with Crippen LogP contribution < -0.4 is 10.2 Å². The summed E-state index contributed by atoms with van der Waals surface area (Å²) in [7, 11) is 0. The fraction of sp³-hybridized carbons (Fsp3) is 0.600. The highest BCUT2D eigenvalue weighted by atomic mass is 79.9. The van der Waals surface area contributed by atoms with Crippen LogP contribution in [0.3, 0.4) is 0 Å². The third-order valence-corrected chi connectivity index (χ3v) is 4.56. The number of nitrogens with zero attached hydrogens (tertiary/aromatic N) is 3. The minimum Gasteiger partial charge on any atom is -0.378 e. The van der Waals surface area contributed by atoms with Crippen molar-refractivity contribution < 1.29 is 9.53 Å². The normalized spacial score (nSPS) is 20.8. The first kappa shape index (κ1) is 21.4. The molecule has 1 unspecified atom stereocenters. The van der Waals surface area contributed by atoms with Gasteiger partial charge in [-0.05, 0) is 28.1 Å². The van der Waals surface area contributed by atoms with Gasteiger partial charge in [-0.25, -0.2) is 4.98 Å². The minimum absolute atomic E-state index is 0. The molecule has 0 bridgehead atoms. The fourth-order valence-electron chi connectivity index (χ4n) is 2.83. The Morgan fingerprint density at radius 3 is 2.62 bits per heavy atom. The van der Waals surface area contributed by atoms with Crippen molar-refractivity contribution in [2.45, 2.75) is 12.5 Å². The Kier molecular flexibility index (Phi) is 9.30. The number of hydrogen-bond acceptors (Lipinski definition) is 5. The number of carbonyl (C=O) groups is 1. The summed E-state index contributed by atoms with van der Waals surface area (Å²) in [5.74, 6) is 1.18. The molecule has 1 amide bonds. The van der Waals surface area contributed by atoms with E-state index in [-0.39, 0.29) is 36.8 Å². The Bertz CT molecular complexity index is 507. The molecule has 9 heteroatoms. The summed E-state index contributed by atoms with van der Waals surface area (Å²) in [6.07, 6.45) is 2.33. The molecule has 3 heterocycles. The van der Waals surface area contributed by atoms with Crippen molar-refractivity contribution in [3.8, 4) is 0 Å². The van der Waals surface area contributed by atoms with Crippen LogP contribution in [0.25, 0.3) is 0 Å². The summed E-state index contributed by atoms with van der Waals surface area (Å²) in [5, 5.41) is 3.33. The molecule has 2 aliphatic heterocycles. The topological polar surface area (TPSA) is 57.7 Å². The molecule has 1 aromatic heterocycles. The van der Waals surface area contributed by atoms with Gasteiger partial charge in [-0.2, -0.15) is 0 Å². The monoisotopic (exact) mass is 440 g/mol. The lowest BCUT2D eigenvalue weighted by Crippen LogP contribution is -2.51. The van der Waals surface area contributed by atoms with Gasteiger partial charge in [0.2, 0.25) is 5.91 Å². The molecular formula is C15H23BrCl2N4O2. The van der Waals surface area contributed by atoms with Crippen molar-refractivity contribution in [2.24, 2.45) is 0 Å². The lowest BCUT2D eigenvalue weighted by Gasteiger charge is -2.36. The summed E-state index contributed by atoms with van der Waals surface area (Å²) in [6, 6.07) is 4.16. The number of pyridine rings is 1. The number of amides is 1. The number of rotatable bonds is 3. The van der Waals surface area contributed by atoms with E-state index in [9.17, 15) is 4.79 Å². The maximum absolute atomic E-state index is 12.3. The molecule has 0 spiro atoms. The van der Waals surface area contributed by atoms with Gasteiger partial charge in [0.25, 0.3) is 0 Å². The summed E-state index contributed by atoms with van der Waals surface area (Å²) >= 11 is 3.40. The Balaban J connectivity index is 0.00000144. The van der Waals surface area contributed by atoms with Crippen LogP contribution in [0.1, 0.15) is 6.42 Å². The van der Waals surface area contributed by atoms with Crippen molar-refractivity contribution in [1.29, 1.82) is 0 Å². The van der Waals surface area contributed by atoms with E-state index in [0.29, 0.717) is 13.0 Å². The number of nitrogens with one attached hydrogen (secondary N) is 1. The zero-order chi connectivity index (χ0) is 15.4. The van der Waals surface area contributed by atoms with Crippen molar-refractivity contribution in [3.05, 3.63) is 22.8 Å². The van der Waals surface area contributed by atoms with Gasteiger partial charge in [-0.3, -0.25) is 4.79 Å². The number of aromatic nitrogens is 1. The van der Waals surface area contributed by atoms with Gasteiger partial charge in [0.05, 0.1) is 13.2 Å². The number of carbonyl (C=O) groups excluding carboxylic acids is 1. The van der Waals surface area contributed by atoms with Gasteiger partial charge in [-0.1, -0.05) is 0 Å². The molecule has 0 radical (unpaired) electrons. The molecule has 2 aliphatic rings. The largest absolute Gasteiger partial charge is 0.378 e. The zero-order valence-corrected chi connectivity index (χ0v) is 16.5. The van der Waals surface area contributed by atoms with Crippen LogP contribution in [0.4, 0.5) is 5.82 Å². The highest BCUT2D eigenvalue weighted by Gasteiger charge is 2.25. The second kappa shape index (κ2) is 10.4. The second-order valence-electron chi connectivity index (χ2n) is 5.63. The summed E-state index contributed by atoms with van der Waals surface area (Å²) in [5.41, 5.74) is 0. The standard InChI is InChI=1S/C15H21BrN4O2.2ClH/c16-12-1-2-14(18-10-12)19-4-6-20(7-5-19)15(21)9-13-11-22-8-3-17-13;;/h1-2,10,13,17H,3-9,11H2;2*1H. The van der Waals surface area contributed by atoms with Crippen molar-refractivity contribution in [3.63, 3.8) is 0 Å². The summed E-state index contributed by atoms with van der Waals surface area (Å²) in [6.45, 7) is 5.37. The molecule has 0 saturated carbocycles. The highest BCUT2D eigenvalue weighted by molar-refractivity contribution is 9.10. The summed E-state index contributed by atoms with van der Waals surface area (Å²) < 4.78 is 6.38. The third-order valence-electron chi connectivity index (χ3n) is 4.09. The highest BCUT2D eigenvalue weighted by Crippen LogP contribution is 2.17. The van der Waals surface area contributed by atoms with Gasteiger partial charge in [0.15, 0.2) is 0 Å². The van der Waals surface area contributed by atoms with E-state index in [1.54, 1.807) is 0 Å². The average molecular weight is 442 g/mol. The summed E-state index contributed by atoms with van der Waals surface area (Å²) in [4.78, 5) is 20.9. The van der Waals surface area contributed by atoms with E-state index in [4.69, 9.17) is 4.74 Å². The molecular weight excluding hydrogens is 419 g/mol. The van der Waals surface area contributed by atoms with Crippen LogP contribution in [0, 0.1) is 0 Å².